The van der Waals surface area contributed by atoms with Crippen molar-refractivity contribution in [1.82, 2.24) is 5.32 Å². The first kappa shape index (κ1) is 13.9. The summed E-state index contributed by atoms with van der Waals surface area (Å²) in [5, 5.41) is 4.60. The number of benzene rings is 1. The molecule has 0 aromatic heterocycles. The summed E-state index contributed by atoms with van der Waals surface area (Å²) in [6, 6.07) is 9.10. The zero-order chi connectivity index (χ0) is 13.0. The van der Waals surface area contributed by atoms with Gasteiger partial charge in [-0.15, -0.1) is 0 Å². The molecule has 1 N–H and O–H groups in total. The van der Waals surface area contributed by atoms with Crippen molar-refractivity contribution < 1.29 is 0 Å². The molecule has 0 radical (unpaired) electrons. The second-order valence-corrected chi connectivity index (χ2v) is 5.79. The number of nitrogens with one attached hydrogen (secondary N) is 1. The predicted octanol–water partition coefficient (Wildman–Crippen LogP) is 4.61. The Labute approximate surface area is 116 Å². The predicted molar refractivity (Wildman–Crippen MR) is 79.3 cm³/mol. The van der Waals surface area contributed by atoms with Crippen molar-refractivity contribution in [2.75, 3.05) is 6.54 Å². The van der Waals surface area contributed by atoms with E-state index in [1.165, 1.54) is 31.2 Å². The maximum absolute atomic E-state index is 6.38. The molecule has 18 heavy (non-hydrogen) atoms. The van der Waals surface area contributed by atoms with Gasteiger partial charge >= 0.3 is 0 Å². The lowest BCUT2D eigenvalue weighted by atomic mass is 9.82. The highest BCUT2D eigenvalue weighted by Gasteiger charge is 2.26. The van der Waals surface area contributed by atoms with Crippen LogP contribution in [-0.2, 0) is 0 Å². The molecule has 1 aromatic rings. The third-order valence-corrected chi connectivity index (χ3v) is 4.47. The summed E-state index contributed by atoms with van der Waals surface area (Å²) in [7, 11) is 0. The summed E-state index contributed by atoms with van der Waals surface area (Å²) in [5.41, 5.74) is 1.32. The van der Waals surface area contributed by atoms with Crippen molar-refractivity contribution in [3.63, 3.8) is 0 Å². The molecule has 0 bridgehead atoms. The van der Waals surface area contributed by atoms with Crippen molar-refractivity contribution in [2.24, 2.45) is 5.92 Å². The topological polar surface area (TPSA) is 12.0 Å². The maximum Gasteiger partial charge on any atom is 0.0441 e. The largest absolute Gasteiger partial charge is 0.313 e. The van der Waals surface area contributed by atoms with Gasteiger partial charge in [0.15, 0.2) is 0 Å². The minimum atomic E-state index is 0.550. The highest BCUT2D eigenvalue weighted by molar-refractivity contribution is 6.31. The minimum absolute atomic E-state index is 0.550. The molecule has 1 fully saturated rings. The Balaban J connectivity index is 2.13. The zero-order valence-electron chi connectivity index (χ0n) is 11.5. The van der Waals surface area contributed by atoms with E-state index >= 15 is 0 Å². The van der Waals surface area contributed by atoms with Gasteiger partial charge in [-0.3, -0.25) is 0 Å². The molecule has 0 aliphatic heterocycles. The third kappa shape index (κ3) is 3.49. The molecule has 0 heterocycles. The first-order valence-electron chi connectivity index (χ1n) is 7.24. The van der Waals surface area contributed by atoms with Gasteiger partial charge in [-0.25, -0.2) is 0 Å². The molecular weight excluding hydrogens is 242 g/mol. The van der Waals surface area contributed by atoms with Crippen LogP contribution in [0.2, 0.25) is 5.02 Å². The van der Waals surface area contributed by atoms with Crippen molar-refractivity contribution >= 4 is 11.6 Å². The molecule has 1 saturated carbocycles. The van der Waals surface area contributed by atoms with Crippen LogP contribution in [-0.4, -0.2) is 12.6 Å². The Bertz CT molecular complexity index is 369. The van der Waals surface area contributed by atoms with E-state index in [0.29, 0.717) is 5.92 Å². The van der Waals surface area contributed by atoms with Crippen LogP contribution in [0.5, 0.6) is 0 Å². The first-order valence-corrected chi connectivity index (χ1v) is 7.61. The molecule has 1 unspecified atom stereocenters. The van der Waals surface area contributed by atoms with E-state index in [0.717, 1.165) is 23.5 Å². The second-order valence-electron chi connectivity index (χ2n) is 5.39. The lowest BCUT2D eigenvalue weighted by molar-refractivity contribution is 0.379. The quantitative estimate of drug-likeness (QED) is 0.759. The van der Waals surface area contributed by atoms with Crippen molar-refractivity contribution in [3.8, 4) is 0 Å². The highest BCUT2D eigenvalue weighted by atomic mass is 35.5. The molecule has 1 atom stereocenters. The molecular formula is C16H24ClN. The van der Waals surface area contributed by atoms with Crippen LogP contribution in [0.25, 0.3) is 0 Å². The molecule has 1 aromatic carbocycles. The van der Waals surface area contributed by atoms with Gasteiger partial charge in [-0.1, -0.05) is 56.5 Å². The van der Waals surface area contributed by atoms with Gasteiger partial charge in [0.25, 0.3) is 0 Å². The summed E-state index contributed by atoms with van der Waals surface area (Å²) in [6.07, 6.45) is 5.13. The van der Waals surface area contributed by atoms with Gasteiger partial charge < -0.3 is 5.32 Å². The van der Waals surface area contributed by atoms with Crippen LogP contribution in [0.3, 0.4) is 0 Å². The van der Waals surface area contributed by atoms with Gasteiger partial charge in [-0.05, 0) is 30.4 Å². The first-order chi connectivity index (χ1) is 8.76. The van der Waals surface area contributed by atoms with Crippen LogP contribution in [0.15, 0.2) is 24.3 Å². The van der Waals surface area contributed by atoms with E-state index in [1.54, 1.807) is 0 Å². The van der Waals surface area contributed by atoms with E-state index < -0.39 is 0 Å². The fraction of sp³-hybridized carbons (Fsp3) is 0.625. The third-order valence-electron chi connectivity index (χ3n) is 4.13. The average Bonchev–Trinajstić information content (AvgIpc) is 3.20. The fourth-order valence-electron chi connectivity index (χ4n) is 2.75. The van der Waals surface area contributed by atoms with E-state index in [1.807, 2.05) is 12.1 Å². The second kappa shape index (κ2) is 6.58. The Morgan fingerprint density at radius 2 is 1.89 bits per heavy atom. The number of rotatable bonds is 7. The average molecular weight is 266 g/mol. The lowest BCUT2D eigenvalue weighted by Crippen LogP contribution is -2.28. The molecule has 0 saturated heterocycles. The van der Waals surface area contributed by atoms with Crippen molar-refractivity contribution in [2.45, 2.75) is 51.5 Å². The maximum atomic E-state index is 6.38. The fourth-order valence-corrected chi connectivity index (χ4v) is 3.02. The van der Waals surface area contributed by atoms with Gasteiger partial charge in [0.1, 0.15) is 0 Å². The standard InChI is InChI=1S/C16H24ClN/c1-3-12(4-2)15(11-18-13-9-10-13)14-7-5-6-8-16(14)17/h5-8,12-13,15,18H,3-4,9-11H2,1-2H3. The van der Waals surface area contributed by atoms with Gasteiger partial charge in [0.05, 0.1) is 0 Å². The molecule has 1 aliphatic rings. The monoisotopic (exact) mass is 265 g/mol. The molecule has 1 aliphatic carbocycles. The molecule has 1 nitrogen and oxygen atoms in total. The van der Waals surface area contributed by atoms with Crippen LogP contribution in [0.4, 0.5) is 0 Å². The van der Waals surface area contributed by atoms with Gasteiger partial charge in [0.2, 0.25) is 0 Å². The van der Waals surface area contributed by atoms with Crippen molar-refractivity contribution in [1.29, 1.82) is 0 Å². The minimum Gasteiger partial charge on any atom is -0.313 e. The molecule has 2 heteroatoms. The Hall–Kier alpha value is -0.530. The van der Waals surface area contributed by atoms with Gasteiger partial charge in [0, 0.05) is 23.5 Å². The Morgan fingerprint density at radius 3 is 2.44 bits per heavy atom. The summed E-state index contributed by atoms with van der Waals surface area (Å²) >= 11 is 6.38. The SMILES string of the molecule is CCC(CC)C(CNC1CC1)c1ccccc1Cl. The van der Waals surface area contributed by atoms with Crippen LogP contribution >= 0.6 is 11.6 Å². The summed E-state index contributed by atoms with van der Waals surface area (Å²) in [4.78, 5) is 0. The van der Waals surface area contributed by atoms with E-state index in [4.69, 9.17) is 11.6 Å². The van der Waals surface area contributed by atoms with Crippen LogP contribution in [0.1, 0.15) is 51.0 Å². The Kier molecular flexibility index (Phi) is 5.08. The molecule has 0 spiro atoms. The Morgan fingerprint density at radius 1 is 1.22 bits per heavy atom. The van der Waals surface area contributed by atoms with E-state index in [2.05, 4.69) is 31.3 Å². The lowest BCUT2D eigenvalue weighted by Gasteiger charge is -2.27. The molecule has 0 amide bonds. The van der Waals surface area contributed by atoms with Crippen LogP contribution in [0, 0.1) is 5.92 Å². The normalized spacial score (nSPS) is 17.1. The van der Waals surface area contributed by atoms with E-state index in [9.17, 15) is 0 Å². The van der Waals surface area contributed by atoms with Crippen molar-refractivity contribution in [3.05, 3.63) is 34.9 Å². The van der Waals surface area contributed by atoms with Gasteiger partial charge in [-0.2, -0.15) is 0 Å². The number of hydrogen-bond acceptors (Lipinski definition) is 1. The number of halogens is 1. The molecule has 2 rings (SSSR count). The smallest absolute Gasteiger partial charge is 0.0441 e. The molecule has 100 valence electrons. The summed E-state index contributed by atoms with van der Waals surface area (Å²) in [5.74, 6) is 1.27. The van der Waals surface area contributed by atoms with Crippen LogP contribution < -0.4 is 5.32 Å². The zero-order valence-corrected chi connectivity index (χ0v) is 12.2. The highest BCUT2D eigenvalue weighted by Crippen LogP contribution is 2.34. The number of hydrogen-bond donors (Lipinski definition) is 1. The summed E-state index contributed by atoms with van der Waals surface area (Å²) < 4.78 is 0. The summed E-state index contributed by atoms with van der Waals surface area (Å²) in [6.45, 7) is 5.64. The van der Waals surface area contributed by atoms with E-state index in [-0.39, 0.29) is 0 Å².